The third-order valence-electron chi connectivity index (χ3n) is 5.22. The summed E-state index contributed by atoms with van der Waals surface area (Å²) in [6.07, 6.45) is 5.21. The van der Waals surface area contributed by atoms with E-state index in [0.29, 0.717) is 37.8 Å². The first-order valence-corrected chi connectivity index (χ1v) is 7.77. The Morgan fingerprint density at radius 3 is 2.55 bits per heavy atom. The van der Waals surface area contributed by atoms with E-state index < -0.39 is 5.41 Å². The zero-order valence-electron chi connectivity index (χ0n) is 12.2. The van der Waals surface area contributed by atoms with Gasteiger partial charge in [-0.05, 0) is 18.8 Å². The monoisotopic (exact) mass is 280 g/mol. The van der Waals surface area contributed by atoms with Crippen molar-refractivity contribution in [2.24, 2.45) is 17.3 Å². The Morgan fingerprint density at radius 2 is 2.00 bits per heavy atom. The van der Waals surface area contributed by atoms with Crippen molar-refractivity contribution in [2.75, 3.05) is 33.4 Å². The van der Waals surface area contributed by atoms with E-state index >= 15 is 0 Å². The van der Waals surface area contributed by atoms with Gasteiger partial charge in [0.05, 0.1) is 13.2 Å². The molecule has 0 bridgehead atoms. The van der Waals surface area contributed by atoms with E-state index in [1.807, 2.05) is 4.90 Å². The molecule has 1 unspecified atom stereocenters. The molecule has 0 aromatic rings. The van der Waals surface area contributed by atoms with Crippen molar-refractivity contribution in [3.05, 3.63) is 0 Å². The minimum absolute atomic E-state index is 0.0201. The number of nitrogens with zero attached hydrogens (tertiary/aromatic N) is 1. The van der Waals surface area contributed by atoms with E-state index in [2.05, 4.69) is 5.32 Å². The van der Waals surface area contributed by atoms with Gasteiger partial charge in [0.25, 0.3) is 0 Å². The molecule has 2 aliphatic carbocycles. The van der Waals surface area contributed by atoms with Crippen LogP contribution >= 0.6 is 0 Å². The Kier molecular flexibility index (Phi) is 3.71. The molecule has 112 valence electrons. The largest absolute Gasteiger partial charge is 0.379 e. The zero-order valence-corrected chi connectivity index (χ0v) is 12.2. The molecule has 3 aliphatic rings. The SMILES string of the molecule is CNC(=O)C1(C(=O)N2CCOCC(C3CCC3)C2)CC1. The summed E-state index contributed by atoms with van der Waals surface area (Å²) in [6.45, 7) is 2.75. The number of hydrogen-bond acceptors (Lipinski definition) is 3. The quantitative estimate of drug-likeness (QED) is 0.778. The van der Waals surface area contributed by atoms with Crippen LogP contribution in [0.5, 0.6) is 0 Å². The molecular weight excluding hydrogens is 256 g/mol. The summed E-state index contributed by atoms with van der Waals surface area (Å²) in [7, 11) is 1.61. The van der Waals surface area contributed by atoms with Crippen LogP contribution in [0.3, 0.4) is 0 Å². The maximum absolute atomic E-state index is 12.7. The highest BCUT2D eigenvalue weighted by atomic mass is 16.5. The van der Waals surface area contributed by atoms with E-state index in [1.165, 1.54) is 19.3 Å². The molecule has 1 heterocycles. The fraction of sp³-hybridized carbons (Fsp3) is 0.867. The lowest BCUT2D eigenvalue weighted by molar-refractivity contribution is -0.144. The van der Waals surface area contributed by atoms with Gasteiger partial charge < -0.3 is 15.0 Å². The number of hydrogen-bond donors (Lipinski definition) is 1. The lowest BCUT2D eigenvalue weighted by Gasteiger charge is -2.35. The third-order valence-corrected chi connectivity index (χ3v) is 5.22. The van der Waals surface area contributed by atoms with Crippen molar-refractivity contribution >= 4 is 11.8 Å². The fourth-order valence-electron chi connectivity index (χ4n) is 3.42. The number of carbonyl (C=O) groups is 2. The molecule has 3 fully saturated rings. The molecule has 0 aromatic heterocycles. The van der Waals surface area contributed by atoms with Gasteiger partial charge in [0, 0.05) is 26.1 Å². The van der Waals surface area contributed by atoms with Crippen LogP contribution in [0, 0.1) is 17.3 Å². The predicted octanol–water partition coefficient (Wildman–Crippen LogP) is 0.788. The van der Waals surface area contributed by atoms with E-state index in [9.17, 15) is 9.59 Å². The molecule has 0 radical (unpaired) electrons. The smallest absolute Gasteiger partial charge is 0.238 e. The Hall–Kier alpha value is -1.10. The third kappa shape index (κ3) is 2.32. The van der Waals surface area contributed by atoms with Gasteiger partial charge in [0.1, 0.15) is 5.41 Å². The number of ether oxygens (including phenoxy) is 1. The first-order chi connectivity index (χ1) is 9.67. The topological polar surface area (TPSA) is 58.6 Å². The van der Waals surface area contributed by atoms with Gasteiger partial charge in [-0.3, -0.25) is 9.59 Å². The Morgan fingerprint density at radius 1 is 1.25 bits per heavy atom. The average Bonchev–Trinajstić information content (AvgIpc) is 3.20. The molecule has 5 heteroatoms. The van der Waals surface area contributed by atoms with Crippen LogP contribution < -0.4 is 5.32 Å². The van der Waals surface area contributed by atoms with Crippen LogP contribution in [-0.2, 0) is 14.3 Å². The average molecular weight is 280 g/mol. The van der Waals surface area contributed by atoms with Crippen molar-refractivity contribution in [3.8, 4) is 0 Å². The summed E-state index contributed by atoms with van der Waals surface area (Å²) in [5.41, 5.74) is -0.761. The lowest BCUT2D eigenvalue weighted by atomic mass is 9.76. The van der Waals surface area contributed by atoms with Crippen LogP contribution in [-0.4, -0.2) is 50.1 Å². The number of carbonyl (C=O) groups excluding carboxylic acids is 2. The van der Waals surface area contributed by atoms with Crippen molar-refractivity contribution in [2.45, 2.75) is 32.1 Å². The number of amides is 2. The second-order valence-corrected chi connectivity index (χ2v) is 6.44. The van der Waals surface area contributed by atoms with E-state index in [4.69, 9.17) is 4.74 Å². The standard InChI is InChI=1S/C15H24N2O3/c1-16-13(18)15(5-6-15)14(19)17-7-8-20-10-12(9-17)11-3-2-4-11/h11-12H,2-10H2,1H3,(H,16,18). The van der Waals surface area contributed by atoms with Crippen LogP contribution in [0.4, 0.5) is 0 Å². The van der Waals surface area contributed by atoms with Gasteiger partial charge in [0.15, 0.2) is 0 Å². The Balaban J connectivity index is 1.68. The molecule has 5 nitrogen and oxygen atoms in total. The first-order valence-electron chi connectivity index (χ1n) is 7.77. The molecule has 3 rings (SSSR count). The highest BCUT2D eigenvalue weighted by Gasteiger charge is 2.57. The highest BCUT2D eigenvalue weighted by Crippen LogP contribution is 2.48. The number of nitrogens with one attached hydrogen (secondary N) is 1. The molecule has 0 spiro atoms. The normalized spacial score (nSPS) is 29.2. The van der Waals surface area contributed by atoms with Crippen molar-refractivity contribution < 1.29 is 14.3 Å². The van der Waals surface area contributed by atoms with Crippen molar-refractivity contribution in [1.82, 2.24) is 10.2 Å². The molecular formula is C15H24N2O3. The van der Waals surface area contributed by atoms with E-state index in [-0.39, 0.29) is 11.8 Å². The molecule has 2 saturated carbocycles. The Bertz CT molecular complexity index is 402. The lowest BCUT2D eigenvalue weighted by Crippen LogP contribution is -2.47. The summed E-state index contributed by atoms with van der Waals surface area (Å²) < 4.78 is 5.67. The maximum atomic E-state index is 12.7. The summed E-state index contributed by atoms with van der Waals surface area (Å²) in [6, 6.07) is 0. The van der Waals surface area contributed by atoms with Gasteiger partial charge in [-0.1, -0.05) is 19.3 Å². The molecule has 0 aromatic carbocycles. The molecule has 1 aliphatic heterocycles. The summed E-state index contributed by atoms with van der Waals surface area (Å²) in [4.78, 5) is 26.6. The minimum atomic E-state index is -0.761. The van der Waals surface area contributed by atoms with Gasteiger partial charge in [-0.15, -0.1) is 0 Å². The maximum Gasteiger partial charge on any atom is 0.238 e. The molecule has 1 atom stereocenters. The first kappa shape index (κ1) is 13.9. The predicted molar refractivity (Wildman–Crippen MR) is 74.0 cm³/mol. The van der Waals surface area contributed by atoms with Crippen LogP contribution in [0.25, 0.3) is 0 Å². The Labute approximate surface area is 120 Å². The van der Waals surface area contributed by atoms with Crippen LogP contribution in [0.2, 0.25) is 0 Å². The van der Waals surface area contributed by atoms with E-state index in [0.717, 1.165) is 13.2 Å². The second kappa shape index (κ2) is 5.35. The van der Waals surface area contributed by atoms with Crippen LogP contribution in [0.15, 0.2) is 0 Å². The summed E-state index contributed by atoms with van der Waals surface area (Å²) >= 11 is 0. The van der Waals surface area contributed by atoms with Crippen LogP contribution in [0.1, 0.15) is 32.1 Å². The summed E-state index contributed by atoms with van der Waals surface area (Å²) in [5.74, 6) is 1.06. The molecule has 20 heavy (non-hydrogen) atoms. The van der Waals surface area contributed by atoms with Crippen molar-refractivity contribution in [3.63, 3.8) is 0 Å². The molecule has 1 saturated heterocycles. The second-order valence-electron chi connectivity index (χ2n) is 6.44. The fourth-order valence-corrected chi connectivity index (χ4v) is 3.42. The van der Waals surface area contributed by atoms with Gasteiger partial charge >= 0.3 is 0 Å². The summed E-state index contributed by atoms with van der Waals surface area (Å²) in [5, 5.41) is 2.64. The molecule has 2 amide bonds. The number of rotatable bonds is 3. The molecule has 1 N–H and O–H groups in total. The zero-order chi connectivity index (χ0) is 14.2. The van der Waals surface area contributed by atoms with Gasteiger partial charge in [0.2, 0.25) is 11.8 Å². The van der Waals surface area contributed by atoms with Gasteiger partial charge in [-0.2, -0.15) is 0 Å². The van der Waals surface area contributed by atoms with E-state index in [1.54, 1.807) is 7.05 Å². The van der Waals surface area contributed by atoms with Crippen molar-refractivity contribution in [1.29, 1.82) is 0 Å². The minimum Gasteiger partial charge on any atom is -0.379 e. The van der Waals surface area contributed by atoms with Gasteiger partial charge in [-0.25, -0.2) is 0 Å². The highest BCUT2D eigenvalue weighted by molar-refractivity contribution is 6.07.